The van der Waals surface area contributed by atoms with Crippen LogP contribution in [0.4, 0.5) is 0 Å². The van der Waals surface area contributed by atoms with Gasteiger partial charge in [-0.25, -0.2) is 0 Å². The van der Waals surface area contributed by atoms with Gasteiger partial charge in [0.15, 0.2) is 0 Å². The summed E-state index contributed by atoms with van der Waals surface area (Å²) in [5.41, 5.74) is 2.05. The maximum Gasteiger partial charge on any atom is 0.487 e. The van der Waals surface area contributed by atoms with Crippen molar-refractivity contribution in [2.24, 2.45) is 17.8 Å². The summed E-state index contributed by atoms with van der Waals surface area (Å²) in [7, 11) is -4.27. The van der Waals surface area contributed by atoms with Gasteiger partial charge in [-0.05, 0) is 76.3 Å². The Hall–Kier alpha value is -3.02. The molecule has 2 saturated heterocycles. The Bertz CT molecular complexity index is 1700. The summed E-state index contributed by atoms with van der Waals surface area (Å²) in [6.45, 7) is 6.89. The first-order chi connectivity index (χ1) is 23.5. The highest BCUT2D eigenvalue weighted by molar-refractivity contribution is 9.10. The van der Waals surface area contributed by atoms with E-state index in [9.17, 15) is 19.7 Å². The molecule has 0 bridgehead atoms. The number of hydrogen-bond acceptors (Lipinski definition) is 6. The number of likely N-dealkylation sites (tertiary alicyclic amines) is 1. The van der Waals surface area contributed by atoms with Gasteiger partial charge < -0.3 is 19.2 Å². The number of benzene rings is 3. The van der Waals surface area contributed by atoms with Crippen LogP contribution in [-0.4, -0.2) is 54.9 Å². The Morgan fingerprint density at radius 1 is 0.918 bits per heavy atom. The fraction of sp³-hybridized carbons (Fsp3) is 0.436. The van der Waals surface area contributed by atoms with Crippen LogP contribution >= 0.6 is 15.9 Å². The number of fused-ring (bicyclic) bond motifs is 3. The van der Waals surface area contributed by atoms with Gasteiger partial charge in [0.05, 0.1) is 24.5 Å². The van der Waals surface area contributed by atoms with E-state index in [1.807, 2.05) is 12.1 Å². The van der Waals surface area contributed by atoms with Crippen molar-refractivity contribution in [3.63, 3.8) is 0 Å². The number of carbonyl (C=O) groups excluding carboxylic acids is 2. The number of phenolic OH excluding ortho intramolecular Hbond substituents is 1. The fourth-order valence-electron chi connectivity index (χ4n) is 9.21. The zero-order valence-electron chi connectivity index (χ0n) is 28.5. The van der Waals surface area contributed by atoms with Gasteiger partial charge in [0, 0.05) is 16.1 Å². The van der Waals surface area contributed by atoms with E-state index in [-0.39, 0.29) is 35.3 Å². The smallest absolute Gasteiger partial charge is 0.487 e. The standard InChI is InChI=1S/C39H45BBrNO6Si/c1-39(2,3)49(28-15-9-5-10-16-28,29-17-11-6-12-18-29)47-24-25-21-32-35(38(45)42(37(32)44)27-13-7-4-8-14-27)31-23-34(48-40(46)36(25)31)30-22-26(41)19-20-33(30)43/h5-6,9-12,15-20,22,27,31-32,34-35,43,46H,4,7-8,13-14,21,23-24H2,1-3H3/t31-,32-,34-,35+/m0/s1. The highest BCUT2D eigenvalue weighted by Crippen LogP contribution is 2.53. The van der Waals surface area contributed by atoms with E-state index in [1.165, 1.54) is 0 Å². The van der Waals surface area contributed by atoms with Gasteiger partial charge in [0.25, 0.3) is 8.32 Å². The first kappa shape index (κ1) is 34.4. The van der Waals surface area contributed by atoms with E-state index >= 15 is 0 Å². The molecule has 0 unspecified atom stereocenters. The lowest BCUT2D eigenvalue weighted by molar-refractivity contribution is -0.143. The lowest BCUT2D eigenvalue weighted by Crippen LogP contribution is -2.66. The van der Waals surface area contributed by atoms with Gasteiger partial charge in [0.2, 0.25) is 11.8 Å². The molecule has 4 atom stereocenters. The first-order valence-electron chi connectivity index (χ1n) is 17.7. The second-order valence-corrected chi connectivity index (χ2v) is 20.4. The normalized spacial score (nSPS) is 25.1. The van der Waals surface area contributed by atoms with Gasteiger partial charge >= 0.3 is 7.12 Å². The molecule has 3 aromatic rings. The molecule has 3 fully saturated rings. The Labute approximate surface area is 299 Å². The number of amides is 2. The maximum atomic E-state index is 14.4. The van der Waals surface area contributed by atoms with Gasteiger partial charge in [0.1, 0.15) is 5.75 Å². The van der Waals surface area contributed by atoms with E-state index in [1.54, 1.807) is 23.1 Å². The minimum atomic E-state index is -2.95. The molecule has 2 heterocycles. The number of phenols is 1. The van der Waals surface area contributed by atoms with Crippen LogP contribution in [0.5, 0.6) is 5.75 Å². The summed E-state index contributed by atoms with van der Waals surface area (Å²) in [5.74, 6) is -1.70. The molecule has 4 aliphatic rings. The lowest BCUT2D eigenvalue weighted by atomic mass is 9.55. The second kappa shape index (κ2) is 13.6. The molecule has 2 N–H and O–H groups in total. The molecule has 3 aromatic carbocycles. The number of imide groups is 1. The third-order valence-electron chi connectivity index (χ3n) is 11.4. The molecular formula is C39H45BBrNO6Si. The number of aromatic hydroxyl groups is 1. The molecule has 10 heteroatoms. The number of carbonyl (C=O) groups is 2. The molecule has 0 aromatic heterocycles. The molecular weight excluding hydrogens is 697 g/mol. The number of rotatable bonds is 7. The van der Waals surface area contributed by atoms with Crippen molar-refractivity contribution in [2.75, 3.05) is 6.61 Å². The average Bonchev–Trinajstić information content (AvgIpc) is 3.35. The van der Waals surface area contributed by atoms with Crippen molar-refractivity contribution < 1.29 is 28.8 Å². The van der Waals surface area contributed by atoms with Crippen LogP contribution in [0.25, 0.3) is 0 Å². The van der Waals surface area contributed by atoms with E-state index in [0.29, 0.717) is 23.9 Å². The topological polar surface area (TPSA) is 96.3 Å². The quantitative estimate of drug-likeness (QED) is 0.213. The van der Waals surface area contributed by atoms with E-state index < -0.39 is 39.3 Å². The summed E-state index contributed by atoms with van der Waals surface area (Å²) in [6.07, 6.45) is 4.87. The number of hydrogen-bond donors (Lipinski definition) is 2. The molecule has 1 saturated carbocycles. The average molecular weight is 743 g/mol. The second-order valence-electron chi connectivity index (χ2n) is 15.2. The van der Waals surface area contributed by atoms with Crippen molar-refractivity contribution in [3.05, 3.63) is 99.9 Å². The van der Waals surface area contributed by atoms with Gasteiger partial charge in [-0.3, -0.25) is 14.5 Å². The number of nitrogens with zero attached hydrogens (tertiary/aromatic N) is 1. The summed E-state index contributed by atoms with van der Waals surface area (Å²) in [4.78, 5) is 30.3. The lowest BCUT2D eigenvalue weighted by Gasteiger charge is -2.45. The first-order valence-corrected chi connectivity index (χ1v) is 20.4. The third-order valence-corrected chi connectivity index (χ3v) is 16.9. The van der Waals surface area contributed by atoms with E-state index in [4.69, 9.17) is 9.08 Å². The summed E-state index contributed by atoms with van der Waals surface area (Å²) >= 11 is 3.51. The summed E-state index contributed by atoms with van der Waals surface area (Å²) in [6, 6.07) is 25.9. The Kier molecular flexibility index (Phi) is 9.56. The van der Waals surface area contributed by atoms with E-state index in [0.717, 1.165) is 52.5 Å². The zero-order valence-corrected chi connectivity index (χ0v) is 31.1. The van der Waals surface area contributed by atoms with Crippen LogP contribution in [0.15, 0.2) is 94.4 Å². The van der Waals surface area contributed by atoms with Gasteiger partial charge in [-0.1, -0.05) is 117 Å². The Balaban J connectivity index is 1.31. The third kappa shape index (κ3) is 6.07. The SMILES string of the molecule is CC(C)(C)[Si](OCC1=C2B(O)O[C@H](c3cc(Br)ccc3O)C[C@H]2[C@H]2C(=O)N(C3CCCCC3)C(=O)[C@H]2C1)(c1ccccc1)c1ccccc1. The summed E-state index contributed by atoms with van der Waals surface area (Å²) in [5, 5.41) is 24.7. The molecule has 0 spiro atoms. The molecule has 256 valence electrons. The molecule has 7 nitrogen and oxygen atoms in total. The van der Waals surface area contributed by atoms with Crippen molar-refractivity contribution in [3.8, 4) is 5.75 Å². The van der Waals surface area contributed by atoms with Crippen molar-refractivity contribution in [2.45, 2.75) is 82.9 Å². The molecule has 7 rings (SSSR count). The van der Waals surface area contributed by atoms with Crippen LogP contribution < -0.4 is 10.4 Å². The monoisotopic (exact) mass is 741 g/mol. The van der Waals surface area contributed by atoms with Crippen LogP contribution in [0, 0.1) is 17.8 Å². The van der Waals surface area contributed by atoms with Crippen LogP contribution in [0.2, 0.25) is 5.04 Å². The van der Waals surface area contributed by atoms with E-state index in [2.05, 4.69) is 85.2 Å². The van der Waals surface area contributed by atoms with Crippen LogP contribution in [-0.2, 0) is 18.7 Å². The zero-order chi connectivity index (χ0) is 34.5. The Morgan fingerprint density at radius 3 is 2.16 bits per heavy atom. The van der Waals surface area contributed by atoms with Crippen molar-refractivity contribution in [1.29, 1.82) is 0 Å². The predicted molar refractivity (Wildman–Crippen MR) is 197 cm³/mol. The van der Waals surface area contributed by atoms with Gasteiger partial charge in [-0.15, -0.1) is 0 Å². The number of halogens is 1. The minimum Gasteiger partial charge on any atom is -0.508 e. The van der Waals surface area contributed by atoms with Crippen molar-refractivity contribution in [1.82, 2.24) is 4.90 Å². The molecule has 49 heavy (non-hydrogen) atoms. The predicted octanol–water partition coefficient (Wildman–Crippen LogP) is 6.46. The highest BCUT2D eigenvalue weighted by Gasteiger charge is 2.59. The number of allylic oxidation sites excluding steroid dienone is 1. The van der Waals surface area contributed by atoms with Gasteiger partial charge in [-0.2, -0.15) is 0 Å². The fourth-order valence-corrected chi connectivity index (χ4v) is 14.1. The highest BCUT2D eigenvalue weighted by atomic mass is 79.9. The largest absolute Gasteiger partial charge is 0.508 e. The Morgan fingerprint density at radius 2 is 1.55 bits per heavy atom. The molecule has 2 amide bonds. The van der Waals surface area contributed by atoms with Crippen molar-refractivity contribution >= 4 is 53.6 Å². The minimum absolute atomic E-state index is 0.0630. The molecule has 2 aliphatic carbocycles. The maximum absolute atomic E-state index is 14.4. The molecule has 2 aliphatic heterocycles. The summed E-state index contributed by atoms with van der Waals surface area (Å²) < 4.78 is 14.4. The molecule has 0 radical (unpaired) electrons. The van der Waals surface area contributed by atoms with Crippen LogP contribution in [0.1, 0.15) is 77.4 Å². The van der Waals surface area contributed by atoms with Crippen LogP contribution in [0.3, 0.4) is 0 Å².